The lowest BCUT2D eigenvalue weighted by molar-refractivity contribution is -0.736. The molecule has 5 rings (SSSR count). The molecule has 1 N–H and O–H groups in total. The molecule has 0 saturated carbocycles. The van der Waals surface area contributed by atoms with Crippen molar-refractivity contribution in [3.8, 4) is 5.75 Å². The summed E-state index contributed by atoms with van der Waals surface area (Å²) in [7, 11) is 0. The molecule has 1 aliphatic heterocycles. The van der Waals surface area contributed by atoms with Gasteiger partial charge >= 0.3 is 5.97 Å². The van der Waals surface area contributed by atoms with Crippen LogP contribution in [0.2, 0.25) is 0 Å². The lowest BCUT2D eigenvalue weighted by atomic mass is 10.1. The van der Waals surface area contributed by atoms with E-state index in [0.29, 0.717) is 5.75 Å². The Labute approximate surface area is 216 Å². The molecule has 9 nitrogen and oxygen atoms in total. The molecule has 0 aliphatic carbocycles. The van der Waals surface area contributed by atoms with E-state index in [1.807, 2.05) is 71.4 Å². The number of benzene rings is 1. The Morgan fingerprint density at radius 1 is 1.11 bits per heavy atom. The van der Waals surface area contributed by atoms with Crippen LogP contribution in [0.5, 0.6) is 5.75 Å². The van der Waals surface area contributed by atoms with Crippen LogP contribution in [0.3, 0.4) is 0 Å². The maximum atomic E-state index is 11.9. The number of aromatic nitrogens is 4. The average Bonchev–Trinajstić information content (AvgIpc) is 3.23. The summed E-state index contributed by atoms with van der Waals surface area (Å²) >= 11 is 0. The smallest absolute Gasteiger partial charge is 0.347 e. The summed E-state index contributed by atoms with van der Waals surface area (Å²) in [5.41, 5.74) is 2.25. The van der Waals surface area contributed by atoms with E-state index in [1.165, 1.54) is 0 Å². The number of pyridine rings is 2. The van der Waals surface area contributed by atoms with E-state index >= 15 is 0 Å². The predicted molar refractivity (Wildman–Crippen MR) is 141 cm³/mol. The number of anilines is 1. The number of ether oxygens (including phenoxy) is 1. The Kier molecular flexibility index (Phi) is 6.80. The molecule has 9 heteroatoms. The molecule has 0 amide bonds. The fourth-order valence-electron chi connectivity index (χ4n) is 4.72. The highest BCUT2D eigenvalue weighted by molar-refractivity contribution is 5.96. The van der Waals surface area contributed by atoms with E-state index in [4.69, 9.17) is 9.84 Å². The molecular weight excluding hydrogens is 468 g/mol. The van der Waals surface area contributed by atoms with Gasteiger partial charge in [-0.1, -0.05) is 12.1 Å². The SMILES string of the molecule is Cc1cc2cccnc2c(N2CCCN(Cc3ccn(-[n+]4ccccc4)n3)CC2)c1OC(C)(C)C(=O)O. The topological polar surface area (TPSA) is 87.6 Å². The number of hydrogen-bond acceptors (Lipinski definition) is 6. The standard InChI is InChI=1S/C28H32N6O3/c1-21-19-22-9-7-11-29-24(22)25(26(21)37-28(2,3)27(35)36)32-13-8-12-31(17-18-32)20-23-10-16-34(30-23)33-14-5-4-6-15-33/h4-7,9-11,14-16,19H,8,12-13,17-18,20H2,1-3H3/p+1. The minimum Gasteiger partial charge on any atom is -0.478 e. The molecule has 0 spiro atoms. The number of aliphatic carboxylic acids is 1. The van der Waals surface area contributed by atoms with Gasteiger partial charge in [0.2, 0.25) is 0 Å². The van der Waals surface area contributed by atoms with E-state index in [2.05, 4.69) is 20.9 Å². The zero-order chi connectivity index (χ0) is 26.0. The second-order valence-corrected chi connectivity index (χ2v) is 9.96. The number of rotatable bonds is 7. The minimum atomic E-state index is -1.37. The molecule has 1 aromatic carbocycles. The van der Waals surface area contributed by atoms with Crippen molar-refractivity contribution < 1.29 is 19.3 Å². The van der Waals surface area contributed by atoms with E-state index in [9.17, 15) is 9.90 Å². The zero-order valence-corrected chi connectivity index (χ0v) is 21.5. The second-order valence-electron chi connectivity index (χ2n) is 9.96. The number of nitrogens with zero attached hydrogens (tertiary/aromatic N) is 6. The van der Waals surface area contributed by atoms with Crippen molar-refractivity contribution in [2.75, 3.05) is 31.1 Å². The molecule has 4 heterocycles. The van der Waals surface area contributed by atoms with Crippen LogP contribution in [0.15, 0.2) is 67.3 Å². The lowest BCUT2D eigenvalue weighted by Gasteiger charge is -2.31. The first-order chi connectivity index (χ1) is 17.8. The molecule has 3 aromatic heterocycles. The van der Waals surface area contributed by atoms with Crippen LogP contribution in [0.4, 0.5) is 5.69 Å². The first-order valence-electron chi connectivity index (χ1n) is 12.6. The molecule has 4 aromatic rings. The summed E-state index contributed by atoms with van der Waals surface area (Å²) < 4.78 is 8.12. The predicted octanol–water partition coefficient (Wildman–Crippen LogP) is 3.29. The molecule has 0 bridgehead atoms. The highest BCUT2D eigenvalue weighted by Crippen LogP contribution is 2.40. The summed E-state index contributed by atoms with van der Waals surface area (Å²) in [6.45, 7) is 9.27. The average molecular weight is 502 g/mol. The number of aryl methyl sites for hydroxylation is 1. The van der Waals surface area contributed by atoms with Gasteiger partial charge in [0.05, 0.1) is 18.3 Å². The van der Waals surface area contributed by atoms with Crippen LogP contribution in [-0.4, -0.2) is 62.6 Å². The monoisotopic (exact) mass is 501 g/mol. The molecule has 0 radical (unpaired) electrons. The normalized spacial score (nSPS) is 15.1. The third-order valence-electron chi connectivity index (χ3n) is 6.74. The number of hydrogen-bond donors (Lipinski definition) is 1. The lowest BCUT2D eigenvalue weighted by Crippen LogP contribution is -2.41. The highest BCUT2D eigenvalue weighted by atomic mass is 16.5. The molecule has 1 saturated heterocycles. The third kappa shape index (κ3) is 5.27. The zero-order valence-electron chi connectivity index (χ0n) is 21.5. The molecule has 192 valence electrons. The molecule has 0 unspecified atom stereocenters. The van der Waals surface area contributed by atoms with Gasteiger partial charge in [0.1, 0.15) is 23.8 Å². The van der Waals surface area contributed by atoms with Gasteiger partial charge in [-0.05, 0) is 61.8 Å². The van der Waals surface area contributed by atoms with Gasteiger partial charge in [-0.2, -0.15) is 0 Å². The van der Waals surface area contributed by atoms with Crippen molar-refractivity contribution in [1.82, 2.24) is 19.8 Å². The van der Waals surface area contributed by atoms with Crippen LogP contribution in [0.1, 0.15) is 31.5 Å². The van der Waals surface area contributed by atoms with Crippen LogP contribution < -0.4 is 14.3 Å². The fourth-order valence-corrected chi connectivity index (χ4v) is 4.72. The summed E-state index contributed by atoms with van der Waals surface area (Å²) in [6, 6.07) is 14.0. The van der Waals surface area contributed by atoms with Crippen LogP contribution >= 0.6 is 0 Å². The van der Waals surface area contributed by atoms with Gasteiger partial charge in [0, 0.05) is 48.9 Å². The second kappa shape index (κ2) is 10.2. The van der Waals surface area contributed by atoms with E-state index < -0.39 is 11.6 Å². The van der Waals surface area contributed by atoms with Crippen LogP contribution in [-0.2, 0) is 11.3 Å². The molecule has 37 heavy (non-hydrogen) atoms. The van der Waals surface area contributed by atoms with Gasteiger partial charge in [0.15, 0.2) is 11.3 Å². The minimum absolute atomic E-state index is 0.589. The van der Waals surface area contributed by atoms with Gasteiger partial charge in [-0.15, -0.1) is 4.68 Å². The number of carboxylic acids is 1. The quantitative estimate of drug-likeness (QED) is 0.389. The van der Waals surface area contributed by atoms with Crippen molar-refractivity contribution in [3.63, 3.8) is 0 Å². The Morgan fingerprint density at radius 2 is 1.92 bits per heavy atom. The van der Waals surface area contributed by atoms with Crippen molar-refractivity contribution in [3.05, 3.63) is 78.5 Å². The maximum Gasteiger partial charge on any atom is 0.347 e. The molecule has 0 atom stereocenters. The van der Waals surface area contributed by atoms with Gasteiger partial charge < -0.3 is 14.7 Å². The summed E-state index contributed by atoms with van der Waals surface area (Å²) in [6.07, 6.45) is 8.63. The third-order valence-corrected chi connectivity index (χ3v) is 6.74. The van der Waals surface area contributed by atoms with Crippen LogP contribution in [0.25, 0.3) is 10.9 Å². The van der Waals surface area contributed by atoms with Crippen molar-refractivity contribution in [2.24, 2.45) is 0 Å². The highest BCUT2D eigenvalue weighted by Gasteiger charge is 2.33. The van der Waals surface area contributed by atoms with E-state index in [1.54, 1.807) is 20.0 Å². The van der Waals surface area contributed by atoms with E-state index in [-0.39, 0.29) is 0 Å². The first kappa shape index (κ1) is 24.7. The summed E-state index contributed by atoms with van der Waals surface area (Å²) in [5, 5.41) is 15.5. The van der Waals surface area contributed by atoms with Gasteiger partial charge in [0.25, 0.3) is 0 Å². The van der Waals surface area contributed by atoms with Gasteiger partial charge in [-0.3, -0.25) is 9.88 Å². The maximum absolute atomic E-state index is 11.9. The number of carboxylic acid groups (broad SMARTS) is 1. The largest absolute Gasteiger partial charge is 0.478 e. The Morgan fingerprint density at radius 3 is 2.70 bits per heavy atom. The van der Waals surface area contributed by atoms with E-state index in [0.717, 1.165) is 67.0 Å². The Balaban J connectivity index is 1.39. The Hall–Kier alpha value is -3.98. The van der Waals surface area contributed by atoms with Gasteiger partial charge in [-0.25, -0.2) is 4.79 Å². The summed E-state index contributed by atoms with van der Waals surface area (Å²) in [5.74, 6) is -0.417. The first-order valence-corrected chi connectivity index (χ1v) is 12.6. The fraction of sp³-hybridized carbons (Fsp3) is 0.357. The van der Waals surface area contributed by atoms with Crippen molar-refractivity contribution in [2.45, 2.75) is 39.3 Å². The molecule has 1 fully saturated rings. The molecule has 1 aliphatic rings. The number of fused-ring (bicyclic) bond motifs is 1. The number of carbonyl (C=O) groups is 1. The molecular formula is C28H33N6O3+. The van der Waals surface area contributed by atoms with Crippen molar-refractivity contribution >= 4 is 22.6 Å². The summed E-state index contributed by atoms with van der Waals surface area (Å²) in [4.78, 5) is 23.1. The van der Waals surface area contributed by atoms with Crippen molar-refractivity contribution in [1.29, 1.82) is 0 Å². The Bertz CT molecular complexity index is 1400. The van der Waals surface area contributed by atoms with Crippen LogP contribution in [0, 0.1) is 6.92 Å².